The third kappa shape index (κ3) is 21.5. The summed E-state index contributed by atoms with van der Waals surface area (Å²) in [6.07, 6.45) is -19.0. The number of carbonyl (C=O) groups excluding carboxylic acids is 1. The van der Waals surface area contributed by atoms with Gasteiger partial charge in [-0.1, -0.05) is 13.2 Å². The van der Waals surface area contributed by atoms with Gasteiger partial charge in [-0.25, -0.2) is 14.0 Å². The summed E-state index contributed by atoms with van der Waals surface area (Å²) < 4.78 is 116. The lowest BCUT2D eigenvalue weighted by Gasteiger charge is -2.28. The topological polar surface area (TPSA) is 132 Å². The molecule has 0 aromatic rings. The summed E-state index contributed by atoms with van der Waals surface area (Å²) in [5.74, 6) is -8.78. The number of alkyl halides is 8. The number of hydrogen-bond donors (Lipinski definition) is 3. The first-order valence-corrected chi connectivity index (χ1v) is 10.1. The second kappa shape index (κ2) is 19.7. The van der Waals surface area contributed by atoms with Crippen LogP contribution in [0.4, 0.5) is 35.1 Å². The number of ether oxygens (including phenoxy) is 4. The highest BCUT2D eigenvalue weighted by Crippen LogP contribution is 2.42. The van der Waals surface area contributed by atoms with Crippen LogP contribution in [0.15, 0.2) is 24.8 Å². The van der Waals surface area contributed by atoms with Gasteiger partial charge in [0.2, 0.25) is 0 Å². The normalized spacial score (nSPS) is 13.2. The van der Waals surface area contributed by atoms with E-state index in [2.05, 4.69) is 17.9 Å². The van der Waals surface area contributed by atoms with E-state index in [1.54, 1.807) is 6.92 Å². The summed E-state index contributed by atoms with van der Waals surface area (Å²) in [5.41, 5.74) is 0.176. The zero-order valence-electron chi connectivity index (χ0n) is 19.9. The Morgan fingerprint density at radius 1 is 1.03 bits per heavy atom. The van der Waals surface area contributed by atoms with E-state index in [0.29, 0.717) is 26.4 Å². The molecule has 0 aliphatic rings. The van der Waals surface area contributed by atoms with Gasteiger partial charge in [0.1, 0.15) is 0 Å². The second-order valence-corrected chi connectivity index (χ2v) is 6.46. The molecule has 0 aliphatic carbocycles. The summed E-state index contributed by atoms with van der Waals surface area (Å²) in [5, 5.41) is 25.3. The Bertz CT molecular complexity index is 661. The molecule has 0 spiro atoms. The SMILES string of the molecule is C=C(C)C(=O)O.C=CC(=O)OC(F)(F)C(F)(F)C(F)CC(F)(F)F.CCOC(O)COCCOCCO. The van der Waals surface area contributed by atoms with Gasteiger partial charge in [-0.15, -0.1) is 0 Å². The van der Waals surface area contributed by atoms with Crippen molar-refractivity contribution in [2.24, 2.45) is 0 Å². The van der Waals surface area contributed by atoms with Crippen molar-refractivity contribution in [1.29, 1.82) is 0 Å². The molecule has 0 aromatic carbocycles. The predicted octanol–water partition coefficient (Wildman–Crippen LogP) is 3.25. The van der Waals surface area contributed by atoms with Crippen molar-refractivity contribution in [2.45, 2.75) is 50.9 Å². The monoisotopic (exact) mass is 566 g/mol. The lowest BCUT2D eigenvalue weighted by atomic mass is 10.1. The molecule has 3 N–H and O–H groups in total. The highest BCUT2D eigenvalue weighted by Gasteiger charge is 2.66. The predicted molar refractivity (Wildman–Crippen MR) is 111 cm³/mol. The van der Waals surface area contributed by atoms with Gasteiger partial charge in [0.25, 0.3) is 0 Å². The van der Waals surface area contributed by atoms with E-state index in [1.807, 2.05) is 0 Å². The standard InChI is InChI=1S/C8H6F8O2.C8H18O5.C4H6O2/c1-2-5(17)18-8(15,16)7(13,14)4(9)3-6(10,11)12;1-2-13-8(10)7-12-6-5-11-4-3-9;1-3(2)4(5)6/h2,4H,1,3H2;8-10H,2-7H2,1H3;1H2,2H3,(H,5,6). The maximum Gasteiger partial charge on any atom is 0.469 e. The molecular formula is C20H30F8O9. The smallest absolute Gasteiger partial charge is 0.469 e. The lowest BCUT2D eigenvalue weighted by Crippen LogP contribution is -2.51. The third-order valence-corrected chi connectivity index (χ3v) is 3.18. The summed E-state index contributed by atoms with van der Waals surface area (Å²) in [6, 6.07) is 0. The van der Waals surface area contributed by atoms with E-state index in [4.69, 9.17) is 29.5 Å². The first-order valence-electron chi connectivity index (χ1n) is 10.1. The van der Waals surface area contributed by atoms with Gasteiger partial charge in [0.05, 0.1) is 39.5 Å². The maximum atomic E-state index is 12.7. The molecule has 9 nitrogen and oxygen atoms in total. The average molecular weight is 566 g/mol. The van der Waals surface area contributed by atoms with E-state index >= 15 is 0 Å². The van der Waals surface area contributed by atoms with Gasteiger partial charge in [-0.2, -0.15) is 30.7 Å². The minimum atomic E-state index is -5.82. The number of carboxylic acids is 1. The molecule has 0 aliphatic heterocycles. The van der Waals surface area contributed by atoms with Crippen molar-refractivity contribution < 1.29 is 79.0 Å². The zero-order chi connectivity index (χ0) is 29.9. The molecule has 220 valence electrons. The van der Waals surface area contributed by atoms with Crippen molar-refractivity contribution >= 4 is 11.9 Å². The van der Waals surface area contributed by atoms with Crippen LogP contribution in [0.3, 0.4) is 0 Å². The van der Waals surface area contributed by atoms with Crippen LogP contribution in [-0.4, -0.2) is 97.6 Å². The van der Waals surface area contributed by atoms with Crippen LogP contribution in [0.2, 0.25) is 0 Å². The van der Waals surface area contributed by atoms with Gasteiger partial charge in [-0.3, -0.25) is 0 Å². The number of hydrogen-bond acceptors (Lipinski definition) is 8. The van der Waals surface area contributed by atoms with E-state index in [-0.39, 0.29) is 24.9 Å². The summed E-state index contributed by atoms with van der Waals surface area (Å²) in [6.45, 7) is 10.8. The Labute approximate surface area is 207 Å². The first-order chi connectivity index (χ1) is 16.8. The molecule has 0 saturated carbocycles. The number of aliphatic hydroxyl groups excluding tert-OH is 2. The number of aliphatic carboxylic acids is 1. The van der Waals surface area contributed by atoms with E-state index in [1.165, 1.54) is 6.92 Å². The molecule has 0 bridgehead atoms. The van der Waals surface area contributed by atoms with Crippen LogP contribution in [0.1, 0.15) is 20.3 Å². The minimum absolute atomic E-state index is 0.0154. The molecule has 2 unspecified atom stereocenters. The van der Waals surface area contributed by atoms with Crippen molar-refractivity contribution in [2.75, 3.05) is 39.6 Å². The Morgan fingerprint density at radius 2 is 1.51 bits per heavy atom. The van der Waals surface area contributed by atoms with Gasteiger partial charge in [0.15, 0.2) is 12.5 Å². The Kier molecular flexibility index (Phi) is 20.9. The molecule has 37 heavy (non-hydrogen) atoms. The largest absolute Gasteiger partial charge is 0.478 e. The number of rotatable bonds is 15. The summed E-state index contributed by atoms with van der Waals surface area (Å²) in [7, 11) is 0. The number of carboxylic acid groups (broad SMARTS) is 1. The van der Waals surface area contributed by atoms with Gasteiger partial charge < -0.3 is 34.3 Å². The van der Waals surface area contributed by atoms with Crippen LogP contribution >= 0.6 is 0 Å². The fraction of sp³-hybridized carbons (Fsp3) is 0.700. The maximum absolute atomic E-state index is 12.7. The number of aliphatic hydroxyl groups is 2. The van der Waals surface area contributed by atoms with Crippen molar-refractivity contribution in [1.82, 2.24) is 0 Å². The highest BCUT2D eigenvalue weighted by atomic mass is 19.4. The Morgan fingerprint density at radius 3 is 1.89 bits per heavy atom. The molecule has 0 fully saturated rings. The minimum Gasteiger partial charge on any atom is -0.478 e. The quantitative estimate of drug-likeness (QED) is 0.0899. The molecule has 0 saturated heterocycles. The second-order valence-electron chi connectivity index (χ2n) is 6.46. The Balaban J connectivity index is -0.000000529. The van der Waals surface area contributed by atoms with Gasteiger partial charge in [0, 0.05) is 18.3 Å². The van der Waals surface area contributed by atoms with Crippen molar-refractivity contribution in [3.8, 4) is 0 Å². The van der Waals surface area contributed by atoms with Crippen LogP contribution in [0, 0.1) is 0 Å². The number of carbonyl (C=O) groups is 2. The van der Waals surface area contributed by atoms with E-state index in [0.717, 1.165) is 0 Å². The number of halogens is 8. The van der Waals surface area contributed by atoms with Crippen LogP contribution in [0.5, 0.6) is 0 Å². The van der Waals surface area contributed by atoms with Gasteiger partial charge in [-0.05, 0) is 13.8 Å². The Hall–Kier alpha value is -2.34. The van der Waals surface area contributed by atoms with Crippen molar-refractivity contribution in [3.63, 3.8) is 0 Å². The molecule has 0 radical (unpaired) electrons. The van der Waals surface area contributed by atoms with Crippen LogP contribution < -0.4 is 0 Å². The van der Waals surface area contributed by atoms with Gasteiger partial charge >= 0.3 is 30.1 Å². The third-order valence-electron chi connectivity index (χ3n) is 3.18. The fourth-order valence-corrected chi connectivity index (χ4v) is 1.46. The lowest BCUT2D eigenvalue weighted by molar-refractivity contribution is -0.349. The van der Waals surface area contributed by atoms with Crippen molar-refractivity contribution in [3.05, 3.63) is 24.8 Å². The molecule has 0 aromatic heterocycles. The highest BCUT2D eigenvalue weighted by molar-refractivity contribution is 5.84. The summed E-state index contributed by atoms with van der Waals surface area (Å²) >= 11 is 0. The molecule has 0 heterocycles. The number of esters is 1. The average Bonchev–Trinajstić information content (AvgIpc) is 2.75. The van der Waals surface area contributed by atoms with E-state index < -0.39 is 49.0 Å². The summed E-state index contributed by atoms with van der Waals surface area (Å²) in [4.78, 5) is 19.9. The molecule has 0 amide bonds. The van der Waals surface area contributed by atoms with Crippen LogP contribution in [-0.2, 0) is 28.5 Å². The molecule has 2 atom stereocenters. The fourth-order valence-electron chi connectivity index (χ4n) is 1.46. The zero-order valence-corrected chi connectivity index (χ0v) is 19.9. The molecule has 17 heteroatoms. The molecule has 0 rings (SSSR count). The van der Waals surface area contributed by atoms with Crippen LogP contribution in [0.25, 0.3) is 0 Å². The van der Waals surface area contributed by atoms with E-state index in [9.17, 15) is 44.7 Å². The molecular weight excluding hydrogens is 536 g/mol. The first kappa shape index (κ1) is 39.2.